The first kappa shape index (κ1) is 11.9. The minimum atomic E-state index is -2.07. The summed E-state index contributed by atoms with van der Waals surface area (Å²) in [5.74, 6) is -1.18. The summed E-state index contributed by atoms with van der Waals surface area (Å²) in [4.78, 5) is 24.8. The highest BCUT2D eigenvalue weighted by Gasteiger charge is 2.48. The Balaban J connectivity index is 2.35. The van der Waals surface area contributed by atoms with Gasteiger partial charge in [0.05, 0.1) is 11.0 Å². The Bertz CT molecular complexity index is 924. The molecule has 1 aliphatic rings. The van der Waals surface area contributed by atoms with E-state index >= 15 is 0 Å². The maximum Gasteiger partial charge on any atom is 0.276 e. The summed E-state index contributed by atoms with van der Waals surface area (Å²) in [5.41, 5.74) is 1.67. The molecule has 0 atom stereocenters. The summed E-state index contributed by atoms with van der Waals surface area (Å²) < 4.78 is -0.621. The number of alkyl halides is 2. The number of Topliss-reactive ketones (excluding diaryl/α,β-unsaturated/α-hetero) is 1. The van der Waals surface area contributed by atoms with Crippen molar-refractivity contribution in [1.82, 2.24) is 4.57 Å². The van der Waals surface area contributed by atoms with Crippen molar-refractivity contribution in [2.45, 2.75) is 4.33 Å². The Morgan fingerprint density at radius 1 is 0.900 bits per heavy atom. The van der Waals surface area contributed by atoms with Gasteiger partial charge in [-0.15, -0.1) is 0 Å². The van der Waals surface area contributed by atoms with Crippen molar-refractivity contribution in [2.75, 3.05) is 0 Å². The number of benzene rings is 2. The van der Waals surface area contributed by atoms with Gasteiger partial charge in [-0.05, 0) is 12.1 Å². The molecule has 0 fully saturated rings. The summed E-state index contributed by atoms with van der Waals surface area (Å²) in [6, 6.07) is 12.7. The second-order valence-corrected chi connectivity index (χ2v) is 6.09. The topological polar surface area (TPSA) is 39.1 Å². The van der Waals surface area contributed by atoms with Gasteiger partial charge in [-0.3, -0.25) is 14.2 Å². The van der Waals surface area contributed by atoms with Crippen molar-refractivity contribution in [3.8, 4) is 0 Å². The lowest BCUT2D eigenvalue weighted by Gasteiger charge is -2.24. The molecule has 0 spiro atoms. The summed E-state index contributed by atoms with van der Waals surface area (Å²) in [6.07, 6.45) is 0. The summed E-state index contributed by atoms with van der Waals surface area (Å²) in [6.45, 7) is 0. The number of aromatic nitrogens is 1. The highest BCUT2D eigenvalue weighted by molar-refractivity contribution is 6.70. The molecule has 2 aromatic carbocycles. The van der Waals surface area contributed by atoms with Crippen molar-refractivity contribution in [3.63, 3.8) is 0 Å². The molecule has 0 aliphatic carbocycles. The molecule has 20 heavy (non-hydrogen) atoms. The average molecular weight is 304 g/mol. The molecule has 0 saturated heterocycles. The third-order valence-corrected chi connectivity index (χ3v) is 4.36. The highest BCUT2D eigenvalue weighted by atomic mass is 35.5. The third kappa shape index (κ3) is 1.22. The predicted molar refractivity (Wildman–Crippen MR) is 78.8 cm³/mol. The lowest BCUT2D eigenvalue weighted by molar-refractivity contribution is 0.0824. The Kier molecular flexibility index (Phi) is 2.16. The zero-order chi connectivity index (χ0) is 14.1. The lowest BCUT2D eigenvalue weighted by Crippen LogP contribution is -2.42. The van der Waals surface area contributed by atoms with Crippen molar-refractivity contribution in [3.05, 3.63) is 48.0 Å². The van der Waals surface area contributed by atoms with Crippen LogP contribution in [0.15, 0.2) is 42.5 Å². The number of rotatable bonds is 0. The van der Waals surface area contributed by atoms with Crippen LogP contribution in [0.1, 0.15) is 15.2 Å². The van der Waals surface area contributed by atoms with Gasteiger partial charge in [-0.2, -0.15) is 0 Å². The summed E-state index contributed by atoms with van der Waals surface area (Å²) >= 11 is 12.0. The van der Waals surface area contributed by atoms with Crippen LogP contribution < -0.4 is 0 Å². The fraction of sp³-hybridized carbons (Fsp3) is 0.0667. The van der Waals surface area contributed by atoms with E-state index in [1.807, 2.05) is 30.3 Å². The first-order valence-electron chi connectivity index (χ1n) is 6.03. The molecule has 0 radical (unpaired) electrons. The SMILES string of the molecule is O=C1c2cccc3c4ccccc4n(c23)C(=O)C1(Cl)Cl. The molecule has 0 saturated carbocycles. The molecular formula is C15H7Cl2NO2. The van der Waals surface area contributed by atoms with Crippen LogP contribution in [0.2, 0.25) is 0 Å². The van der Waals surface area contributed by atoms with Crippen molar-refractivity contribution in [1.29, 1.82) is 0 Å². The van der Waals surface area contributed by atoms with E-state index in [0.717, 1.165) is 10.8 Å². The maximum atomic E-state index is 12.5. The summed E-state index contributed by atoms with van der Waals surface area (Å²) in [5, 5.41) is 1.75. The number of halogens is 2. The Morgan fingerprint density at radius 2 is 1.60 bits per heavy atom. The van der Waals surface area contributed by atoms with Gasteiger partial charge in [0.15, 0.2) is 0 Å². The van der Waals surface area contributed by atoms with Crippen molar-refractivity contribution >= 4 is 56.7 Å². The molecular weight excluding hydrogens is 297 g/mol. The second kappa shape index (κ2) is 3.62. The second-order valence-electron chi connectivity index (χ2n) is 4.76. The number of hydrogen-bond donors (Lipinski definition) is 0. The van der Waals surface area contributed by atoms with Gasteiger partial charge in [0, 0.05) is 16.3 Å². The standard InChI is InChI=1S/C15H7Cl2NO2/c16-15(17)13(19)10-6-3-5-9-8-4-1-2-7-11(8)18(12(9)10)14(15)20/h1-7H. The van der Waals surface area contributed by atoms with E-state index in [9.17, 15) is 9.59 Å². The van der Waals surface area contributed by atoms with Crippen LogP contribution in [0, 0.1) is 0 Å². The van der Waals surface area contributed by atoms with Crippen LogP contribution >= 0.6 is 23.2 Å². The molecule has 0 N–H and O–H groups in total. The zero-order valence-corrected chi connectivity index (χ0v) is 11.6. The number of carbonyl (C=O) groups is 2. The molecule has 3 aromatic rings. The van der Waals surface area contributed by atoms with E-state index in [1.54, 1.807) is 12.1 Å². The quantitative estimate of drug-likeness (QED) is 0.468. The molecule has 0 unspecified atom stereocenters. The molecule has 2 heterocycles. The molecule has 1 aromatic heterocycles. The number of para-hydroxylation sites is 2. The average Bonchev–Trinajstić information content (AvgIpc) is 2.79. The molecule has 0 bridgehead atoms. The molecule has 0 amide bonds. The number of nitrogens with zero attached hydrogens (tertiary/aromatic N) is 1. The van der Waals surface area contributed by atoms with Gasteiger partial charge in [-0.25, -0.2) is 0 Å². The van der Waals surface area contributed by atoms with Crippen molar-refractivity contribution < 1.29 is 9.59 Å². The summed E-state index contributed by atoms with van der Waals surface area (Å²) in [7, 11) is 0. The van der Waals surface area contributed by atoms with E-state index in [-0.39, 0.29) is 0 Å². The van der Waals surface area contributed by atoms with Crippen LogP contribution in [0.5, 0.6) is 0 Å². The molecule has 5 heteroatoms. The van der Waals surface area contributed by atoms with Crippen LogP contribution in [-0.4, -0.2) is 20.6 Å². The monoisotopic (exact) mass is 303 g/mol. The van der Waals surface area contributed by atoms with Gasteiger partial charge in [-0.1, -0.05) is 53.5 Å². The fourth-order valence-electron chi connectivity index (χ4n) is 2.82. The first-order valence-corrected chi connectivity index (χ1v) is 6.78. The van der Waals surface area contributed by atoms with Crippen LogP contribution in [0.25, 0.3) is 21.8 Å². The third-order valence-electron chi connectivity index (χ3n) is 3.70. The van der Waals surface area contributed by atoms with Gasteiger partial charge < -0.3 is 0 Å². The van der Waals surface area contributed by atoms with Crippen LogP contribution in [0.4, 0.5) is 0 Å². The number of hydrogen-bond acceptors (Lipinski definition) is 2. The smallest absolute Gasteiger partial charge is 0.276 e. The van der Waals surface area contributed by atoms with Gasteiger partial charge >= 0.3 is 0 Å². The number of carbonyl (C=O) groups excluding carboxylic acids is 2. The van der Waals surface area contributed by atoms with Crippen LogP contribution in [0.3, 0.4) is 0 Å². The molecule has 98 valence electrons. The minimum absolute atomic E-state index is 0.378. The molecule has 3 nitrogen and oxygen atoms in total. The Labute approximate surface area is 123 Å². The van der Waals surface area contributed by atoms with E-state index in [0.29, 0.717) is 16.6 Å². The maximum absolute atomic E-state index is 12.5. The largest absolute Gasteiger partial charge is 0.290 e. The normalized spacial score (nSPS) is 17.1. The predicted octanol–water partition coefficient (Wildman–Crippen LogP) is 3.80. The Morgan fingerprint density at radius 3 is 2.40 bits per heavy atom. The Hall–Kier alpha value is -1.84. The van der Waals surface area contributed by atoms with E-state index in [1.165, 1.54) is 4.57 Å². The minimum Gasteiger partial charge on any atom is -0.290 e. The van der Waals surface area contributed by atoms with Gasteiger partial charge in [0.2, 0.25) is 5.78 Å². The first-order chi connectivity index (χ1) is 9.53. The van der Waals surface area contributed by atoms with Crippen LogP contribution in [-0.2, 0) is 0 Å². The number of ketones is 1. The van der Waals surface area contributed by atoms with Gasteiger partial charge in [0.25, 0.3) is 10.2 Å². The van der Waals surface area contributed by atoms with E-state index in [2.05, 4.69) is 0 Å². The number of fused-ring (bicyclic) bond motifs is 3. The molecule has 4 rings (SSSR count). The molecule has 1 aliphatic heterocycles. The van der Waals surface area contributed by atoms with E-state index < -0.39 is 16.0 Å². The highest BCUT2D eigenvalue weighted by Crippen LogP contribution is 2.41. The zero-order valence-electron chi connectivity index (χ0n) is 10.1. The fourth-order valence-corrected chi connectivity index (χ4v) is 3.19. The van der Waals surface area contributed by atoms with Gasteiger partial charge in [0.1, 0.15) is 0 Å². The lowest BCUT2D eigenvalue weighted by atomic mass is 10.0. The van der Waals surface area contributed by atoms with E-state index in [4.69, 9.17) is 23.2 Å². The van der Waals surface area contributed by atoms with Crippen molar-refractivity contribution in [2.24, 2.45) is 0 Å².